The molecule has 1 aromatic heterocycles. The van der Waals surface area contributed by atoms with E-state index in [9.17, 15) is 9.59 Å². The average molecular weight is 237 g/mol. The monoisotopic (exact) mass is 237 g/mol. The molecule has 0 aromatic carbocycles. The van der Waals surface area contributed by atoms with Gasteiger partial charge in [0.05, 0.1) is 12.1 Å². The Morgan fingerprint density at radius 1 is 1.47 bits per heavy atom. The normalized spacial score (nSPS) is 10.1. The summed E-state index contributed by atoms with van der Waals surface area (Å²) in [5.74, 6) is -0.826. The van der Waals surface area contributed by atoms with E-state index < -0.39 is 5.97 Å². The Bertz CT molecular complexity index is 418. The van der Waals surface area contributed by atoms with E-state index in [1.165, 1.54) is 18.3 Å². The predicted molar refractivity (Wildman–Crippen MR) is 63.0 cm³/mol. The first kappa shape index (κ1) is 13.0. The smallest absolute Gasteiger partial charge is 0.335 e. The van der Waals surface area contributed by atoms with E-state index in [4.69, 9.17) is 5.11 Å². The van der Waals surface area contributed by atoms with Gasteiger partial charge in [0.2, 0.25) is 5.91 Å². The van der Waals surface area contributed by atoms with Crippen LogP contribution in [0.3, 0.4) is 0 Å². The Labute approximate surface area is 99.1 Å². The highest BCUT2D eigenvalue weighted by molar-refractivity contribution is 5.88. The Hall–Kier alpha value is -2.11. The highest BCUT2D eigenvalue weighted by Crippen LogP contribution is 2.06. The molecule has 0 aliphatic carbocycles. The number of hydrogen-bond donors (Lipinski definition) is 3. The van der Waals surface area contributed by atoms with Crippen LogP contribution in [-0.4, -0.2) is 34.6 Å². The maximum Gasteiger partial charge on any atom is 0.335 e. The molecular weight excluding hydrogens is 222 g/mol. The van der Waals surface area contributed by atoms with Crippen LogP contribution in [0.2, 0.25) is 0 Å². The summed E-state index contributed by atoms with van der Waals surface area (Å²) < 4.78 is 0. The van der Waals surface area contributed by atoms with Gasteiger partial charge in [-0.05, 0) is 26.0 Å². The first-order chi connectivity index (χ1) is 7.99. The maximum atomic E-state index is 11.3. The molecule has 3 N–H and O–H groups in total. The molecule has 0 unspecified atom stereocenters. The molecular formula is C11H15N3O3. The lowest BCUT2D eigenvalue weighted by Crippen LogP contribution is -2.34. The summed E-state index contributed by atoms with van der Waals surface area (Å²) in [6.45, 7) is 3.79. The fraction of sp³-hybridized carbons (Fsp3) is 0.364. The van der Waals surface area contributed by atoms with Crippen molar-refractivity contribution < 1.29 is 14.7 Å². The van der Waals surface area contributed by atoms with Crippen molar-refractivity contribution in [1.82, 2.24) is 10.3 Å². The Balaban J connectivity index is 2.54. The van der Waals surface area contributed by atoms with Crippen molar-refractivity contribution in [3.05, 3.63) is 23.9 Å². The summed E-state index contributed by atoms with van der Waals surface area (Å²) in [5.41, 5.74) is 0.131. The summed E-state index contributed by atoms with van der Waals surface area (Å²) in [5, 5.41) is 14.2. The number of carbonyl (C=O) groups is 2. The second-order valence-electron chi connectivity index (χ2n) is 3.81. The number of aromatic carboxylic acids is 1. The number of nitrogens with one attached hydrogen (secondary N) is 2. The molecule has 0 saturated heterocycles. The molecule has 0 spiro atoms. The Kier molecular flexibility index (Phi) is 4.45. The molecule has 6 nitrogen and oxygen atoms in total. The fourth-order valence-corrected chi connectivity index (χ4v) is 1.20. The van der Waals surface area contributed by atoms with Crippen molar-refractivity contribution in [3.8, 4) is 0 Å². The number of hydrogen-bond acceptors (Lipinski definition) is 4. The zero-order valence-corrected chi connectivity index (χ0v) is 9.73. The zero-order valence-electron chi connectivity index (χ0n) is 9.73. The van der Waals surface area contributed by atoms with Crippen molar-refractivity contribution in [2.45, 2.75) is 19.9 Å². The number of anilines is 1. The third kappa shape index (κ3) is 4.50. The van der Waals surface area contributed by atoms with Crippen LogP contribution in [0.1, 0.15) is 24.2 Å². The molecule has 0 fully saturated rings. The molecule has 17 heavy (non-hydrogen) atoms. The van der Waals surface area contributed by atoms with Gasteiger partial charge in [0.1, 0.15) is 5.82 Å². The number of carbonyl (C=O) groups excluding carboxylic acids is 1. The van der Waals surface area contributed by atoms with Gasteiger partial charge in [-0.25, -0.2) is 9.78 Å². The third-order valence-corrected chi connectivity index (χ3v) is 1.89. The quantitative estimate of drug-likeness (QED) is 0.701. The molecule has 0 atom stereocenters. The van der Waals surface area contributed by atoms with Crippen LogP contribution in [0.5, 0.6) is 0 Å². The minimum absolute atomic E-state index is 0.0637. The van der Waals surface area contributed by atoms with Crippen LogP contribution in [0, 0.1) is 0 Å². The second kappa shape index (κ2) is 5.83. The van der Waals surface area contributed by atoms with Gasteiger partial charge in [-0.1, -0.05) is 0 Å². The summed E-state index contributed by atoms with van der Waals surface area (Å²) >= 11 is 0. The summed E-state index contributed by atoms with van der Waals surface area (Å²) in [4.78, 5) is 25.9. The zero-order chi connectivity index (χ0) is 12.8. The van der Waals surface area contributed by atoms with Crippen LogP contribution in [0.25, 0.3) is 0 Å². The standard InChI is InChI=1S/C11H15N3O3/c1-7(2)14-10(15)6-13-9-5-8(11(16)17)3-4-12-9/h3-5,7H,6H2,1-2H3,(H,12,13)(H,14,15)(H,16,17). The van der Waals surface area contributed by atoms with Crippen molar-refractivity contribution in [3.63, 3.8) is 0 Å². The molecule has 1 amide bonds. The first-order valence-electron chi connectivity index (χ1n) is 5.21. The van der Waals surface area contributed by atoms with E-state index in [0.717, 1.165) is 0 Å². The van der Waals surface area contributed by atoms with Crippen molar-refractivity contribution in [2.24, 2.45) is 0 Å². The van der Waals surface area contributed by atoms with Gasteiger partial charge < -0.3 is 15.7 Å². The first-order valence-corrected chi connectivity index (χ1v) is 5.21. The summed E-state index contributed by atoms with van der Waals surface area (Å²) in [6.07, 6.45) is 1.38. The lowest BCUT2D eigenvalue weighted by Gasteiger charge is -2.09. The average Bonchev–Trinajstić information content (AvgIpc) is 2.26. The van der Waals surface area contributed by atoms with Crippen LogP contribution in [0.15, 0.2) is 18.3 Å². The molecule has 92 valence electrons. The second-order valence-corrected chi connectivity index (χ2v) is 3.81. The van der Waals surface area contributed by atoms with E-state index in [1.54, 1.807) is 0 Å². The maximum absolute atomic E-state index is 11.3. The van der Waals surface area contributed by atoms with E-state index in [-0.39, 0.29) is 24.1 Å². The predicted octanol–water partition coefficient (Wildman–Crippen LogP) is 0.716. The van der Waals surface area contributed by atoms with Gasteiger partial charge in [0.15, 0.2) is 0 Å². The Morgan fingerprint density at radius 3 is 2.76 bits per heavy atom. The van der Waals surface area contributed by atoms with Crippen LogP contribution in [0.4, 0.5) is 5.82 Å². The number of amides is 1. The largest absolute Gasteiger partial charge is 0.478 e. The van der Waals surface area contributed by atoms with Gasteiger partial charge in [-0.15, -0.1) is 0 Å². The molecule has 0 bridgehead atoms. The molecule has 1 rings (SSSR count). The molecule has 1 heterocycles. The van der Waals surface area contributed by atoms with Crippen LogP contribution >= 0.6 is 0 Å². The van der Waals surface area contributed by atoms with E-state index >= 15 is 0 Å². The molecule has 6 heteroatoms. The number of nitrogens with zero attached hydrogens (tertiary/aromatic N) is 1. The third-order valence-electron chi connectivity index (χ3n) is 1.89. The van der Waals surface area contributed by atoms with E-state index in [1.807, 2.05) is 13.8 Å². The van der Waals surface area contributed by atoms with Crippen molar-refractivity contribution in [2.75, 3.05) is 11.9 Å². The van der Waals surface area contributed by atoms with Crippen LogP contribution < -0.4 is 10.6 Å². The fourth-order valence-electron chi connectivity index (χ4n) is 1.20. The summed E-state index contributed by atoms with van der Waals surface area (Å²) in [6, 6.07) is 2.84. The SMILES string of the molecule is CC(C)NC(=O)CNc1cc(C(=O)O)ccn1. The number of rotatable bonds is 5. The van der Waals surface area contributed by atoms with Gasteiger partial charge in [0.25, 0.3) is 0 Å². The highest BCUT2D eigenvalue weighted by atomic mass is 16.4. The molecule has 1 aromatic rings. The molecule has 0 radical (unpaired) electrons. The Morgan fingerprint density at radius 2 is 2.18 bits per heavy atom. The van der Waals surface area contributed by atoms with Gasteiger partial charge in [-0.3, -0.25) is 4.79 Å². The summed E-state index contributed by atoms with van der Waals surface area (Å²) in [7, 11) is 0. The number of aromatic nitrogens is 1. The number of pyridine rings is 1. The molecule has 0 aliphatic rings. The lowest BCUT2D eigenvalue weighted by molar-refractivity contribution is -0.119. The van der Waals surface area contributed by atoms with Crippen molar-refractivity contribution >= 4 is 17.7 Å². The number of carboxylic acid groups (broad SMARTS) is 1. The van der Waals surface area contributed by atoms with Crippen molar-refractivity contribution in [1.29, 1.82) is 0 Å². The van der Waals surface area contributed by atoms with Gasteiger partial charge >= 0.3 is 5.97 Å². The lowest BCUT2D eigenvalue weighted by atomic mass is 10.2. The minimum atomic E-state index is -1.03. The van der Waals surface area contributed by atoms with E-state index in [0.29, 0.717) is 5.82 Å². The molecule has 0 saturated carbocycles. The molecule has 0 aliphatic heterocycles. The van der Waals surface area contributed by atoms with Crippen LogP contribution in [-0.2, 0) is 4.79 Å². The minimum Gasteiger partial charge on any atom is -0.478 e. The topological polar surface area (TPSA) is 91.3 Å². The van der Waals surface area contributed by atoms with Gasteiger partial charge in [-0.2, -0.15) is 0 Å². The number of carboxylic acids is 1. The van der Waals surface area contributed by atoms with Gasteiger partial charge in [0, 0.05) is 12.2 Å². The highest BCUT2D eigenvalue weighted by Gasteiger charge is 2.06. The van der Waals surface area contributed by atoms with E-state index in [2.05, 4.69) is 15.6 Å².